The lowest BCUT2D eigenvalue weighted by Crippen LogP contribution is -2.52. The van der Waals surface area contributed by atoms with Crippen LogP contribution in [0.4, 0.5) is 5.69 Å². The molecule has 182 valence electrons. The average Bonchev–Trinajstić information content (AvgIpc) is 3.38. The molecule has 4 rings (SSSR count). The van der Waals surface area contributed by atoms with Crippen LogP contribution in [0.15, 0.2) is 48.8 Å². The third-order valence-electron chi connectivity index (χ3n) is 6.68. The van der Waals surface area contributed by atoms with Crippen molar-refractivity contribution < 1.29 is 14.3 Å². The Kier molecular flexibility index (Phi) is 7.63. The molecular weight excluding hydrogens is 428 g/mol. The van der Waals surface area contributed by atoms with Gasteiger partial charge in [0.2, 0.25) is 11.8 Å². The molecule has 0 radical (unpaired) electrons. The van der Waals surface area contributed by atoms with Crippen molar-refractivity contribution in [2.45, 2.75) is 70.0 Å². The summed E-state index contributed by atoms with van der Waals surface area (Å²) in [6.45, 7) is 8.54. The molecule has 2 aliphatic heterocycles. The second-order valence-corrected chi connectivity index (χ2v) is 10.2. The maximum atomic E-state index is 13.9. The molecule has 0 aliphatic carbocycles. The summed E-state index contributed by atoms with van der Waals surface area (Å²) in [5, 5.41) is 6.50. The van der Waals surface area contributed by atoms with Gasteiger partial charge < -0.3 is 15.4 Å². The van der Waals surface area contributed by atoms with Crippen molar-refractivity contribution in [3.63, 3.8) is 0 Å². The van der Waals surface area contributed by atoms with Gasteiger partial charge in [-0.3, -0.25) is 19.5 Å². The fourth-order valence-electron chi connectivity index (χ4n) is 4.67. The lowest BCUT2D eigenvalue weighted by molar-refractivity contribution is -0.128. The third kappa shape index (κ3) is 5.65. The first-order valence-electron chi connectivity index (χ1n) is 12.3. The first kappa shape index (κ1) is 24.4. The van der Waals surface area contributed by atoms with E-state index in [0.29, 0.717) is 24.5 Å². The zero-order chi connectivity index (χ0) is 24.1. The van der Waals surface area contributed by atoms with Crippen LogP contribution in [0.3, 0.4) is 0 Å². The molecule has 2 aliphatic rings. The van der Waals surface area contributed by atoms with E-state index in [4.69, 9.17) is 4.74 Å². The highest BCUT2D eigenvalue weighted by atomic mass is 16.5. The van der Waals surface area contributed by atoms with Crippen molar-refractivity contribution >= 4 is 17.5 Å². The number of hydrogen-bond donors (Lipinski definition) is 2. The summed E-state index contributed by atoms with van der Waals surface area (Å²) in [5.41, 5.74) is 2.57. The van der Waals surface area contributed by atoms with Gasteiger partial charge in [0.15, 0.2) is 0 Å². The first-order valence-corrected chi connectivity index (χ1v) is 12.3. The number of carbonyl (C=O) groups is 2. The Morgan fingerprint density at radius 1 is 1.12 bits per heavy atom. The summed E-state index contributed by atoms with van der Waals surface area (Å²) in [5.74, 6) is -0.275. The maximum absolute atomic E-state index is 13.9. The number of pyridine rings is 1. The predicted octanol–water partition coefficient (Wildman–Crippen LogP) is 3.50. The van der Waals surface area contributed by atoms with Gasteiger partial charge in [0, 0.05) is 42.9 Å². The molecule has 2 amide bonds. The Labute approximate surface area is 202 Å². The number of rotatable bonds is 6. The van der Waals surface area contributed by atoms with Crippen molar-refractivity contribution in [2.75, 3.05) is 24.7 Å². The zero-order valence-electron chi connectivity index (χ0n) is 20.4. The lowest BCUT2D eigenvalue weighted by atomic mass is 9.87. The van der Waals surface area contributed by atoms with E-state index in [1.165, 1.54) is 5.56 Å². The van der Waals surface area contributed by atoms with Gasteiger partial charge >= 0.3 is 0 Å². The van der Waals surface area contributed by atoms with Crippen LogP contribution in [0, 0.1) is 0 Å². The van der Waals surface area contributed by atoms with Gasteiger partial charge in [0.25, 0.3) is 0 Å². The second kappa shape index (κ2) is 10.7. The lowest BCUT2D eigenvalue weighted by Gasteiger charge is -2.35. The molecule has 34 heavy (non-hydrogen) atoms. The summed E-state index contributed by atoms with van der Waals surface area (Å²) in [6, 6.07) is 10.6. The van der Waals surface area contributed by atoms with Gasteiger partial charge in [-0.1, -0.05) is 39.0 Å². The van der Waals surface area contributed by atoms with Crippen LogP contribution in [-0.2, 0) is 19.7 Å². The highest BCUT2D eigenvalue weighted by molar-refractivity contribution is 6.03. The van der Waals surface area contributed by atoms with Gasteiger partial charge in [-0.25, -0.2) is 0 Å². The average molecular weight is 465 g/mol. The van der Waals surface area contributed by atoms with Crippen LogP contribution in [0.2, 0.25) is 0 Å². The molecule has 2 N–H and O–H groups in total. The molecule has 0 saturated carbocycles. The molecule has 2 atom stereocenters. The van der Waals surface area contributed by atoms with Crippen LogP contribution in [0.1, 0.15) is 63.6 Å². The van der Waals surface area contributed by atoms with E-state index >= 15 is 0 Å². The second-order valence-electron chi connectivity index (χ2n) is 10.2. The molecule has 0 spiro atoms. The van der Waals surface area contributed by atoms with Crippen molar-refractivity contribution in [1.29, 1.82) is 0 Å². The van der Waals surface area contributed by atoms with E-state index in [2.05, 4.69) is 36.4 Å². The van der Waals surface area contributed by atoms with Gasteiger partial charge in [-0.05, 0) is 61.4 Å². The van der Waals surface area contributed by atoms with Crippen molar-refractivity contribution in [3.05, 3.63) is 59.9 Å². The molecule has 2 fully saturated rings. The van der Waals surface area contributed by atoms with Crippen LogP contribution >= 0.6 is 0 Å². The van der Waals surface area contributed by atoms with E-state index < -0.39 is 6.04 Å². The highest BCUT2D eigenvalue weighted by Gasteiger charge is 2.38. The van der Waals surface area contributed by atoms with Crippen LogP contribution in [-0.4, -0.2) is 48.6 Å². The topological polar surface area (TPSA) is 83.6 Å². The van der Waals surface area contributed by atoms with Gasteiger partial charge in [-0.15, -0.1) is 0 Å². The monoisotopic (exact) mass is 464 g/mol. The molecule has 3 heterocycles. The van der Waals surface area contributed by atoms with Crippen molar-refractivity contribution in [2.24, 2.45) is 0 Å². The Morgan fingerprint density at radius 2 is 1.85 bits per heavy atom. The van der Waals surface area contributed by atoms with Gasteiger partial charge in [-0.2, -0.15) is 0 Å². The maximum Gasteiger partial charge on any atom is 0.248 e. The molecule has 0 bridgehead atoms. The number of nitrogens with zero attached hydrogens (tertiary/aromatic N) is 2. The highest BCUT2D eigenvalue weighted by Crippen LogP contribution is 2.32. The molecule has 1 aromatic carbocycles. The zero-order valence-corrected chi connectivity index (χ0v) is 20.4. The number of nitrogens with one attached hydrogen (secondary N) is 2. The smallest absolute Gasteiger partial charge is 0.248 e. The number of amides is 2. The number of ether oxygens (including phenoxy) is 1. The Balaban J connectivity index is 1.73. The number of anilines is 1. The van der Waals surface area contributed by atoms with E-state index in [0.717, 1.165) is 32.2 Å². The molecule has 2 aromatic rings. The normalized spacial score (nSPS) is 20.0. The molecule has 7 nitrogen and oxygen atoms in total. The van der Waals surface area contributed by atoms with E-state index in [-0.39, 0.29) is 29.3 Å². The summed E-state index contributed by atoms with van der Waals surface area (Å²) in [4.78, 5) is 33.6. The summed E-state index contributed by atoms with van der Waals surface area (Å²) in [6.07, 6.45) is 6.60. The van der Waals surface area contributed by atoms with Gasteiger partial charge in [0.05, 0.1) is 6.04 Å². The summed E-state index contributed by atoms with van der Waals surface area (Å²) in [7, 11) is 0. The third-order valence-corrected chi connectivity index (χ3v) is 6.68. The fourth-order valence-corrected chi connectivity index (χ4v) is 4.67. The molecule has 2 saturated heterocycles. The van der Waals surface area contributed by atoms with Gasteiger partial charge in [0.1, 0.15) is 6.04 Å². The summed E-state index contributed by atoms with van der Waals surface area (Å²) >= 11 is 0. The minimum absolute atomic E-state index is 0.0104. The van der Waals surface area contributed by atoms with E-state index in [9.17, 15) is 9.59 Å². The van der Waals surface area contributed by atoms with Crippen LogP contribution in [0.5, 0.6) is 0 Å². The standard InChI is InChI=1S/C27H36N4O3/c1-27(2,3)20-8-10-22(11-9-20)31(26(33)23-7-5-15-29-23)24(19-6-4-14-28-18-19)25(32)30-21-12-16-34-17-13-21/h4,6,8-11,14,18,21,23-24,29H,5,7,12-13,15-17H2,1-3H3,(H,30,32). The minimum Gasteiger partial charge on any atom is -0.381 e. The number of hydrogen-bond acceptors (Lipinski definition) is 5. The number of aromatic nitrogens is 1. The quantitative estimate of drug-likeness (QED) is 0.684. The number of benzene rings is 1. The first-order chi connectivity index (χ1) is 16.3. The predicted molar refractivity (Wildman–Crippen MR) is 133 cm³/mol. The molecular formula is C27H36N4O3. The van der Waals surface area contributed by atoms with Crippen molar-refractivity contribution in [3.8, 4) is 0 Å². The fraction of sp³-hybridized carbons (Fsp3) is 0.519. The van der Waals surface area contributed by atoms with Crippen LogP contribution < -0.4 is 15.5 Å². The Morgan fingerprint density at radius 3 is 2.44 bits per heavy atom. The van der Waals surface area contributed by atoms with E-state index in [1.807, 2.05) is 36.4 Å². The Hall–Kier alpha value is -2.77. The molecule has 7 heteroatoms. The summed E-state index contributed by atoms with van der Waals surface area (Å²) < 4.78 is 5.45. The minimum atomic E-state index is -0.813. The SMILES string of the molecule is CC(C)(C)c1ccc(N(C(=O)C2CCCN2)C(C(=O)NC2CCOCC2)c2cccnc2)cc1. The van der Waals surface area contributed by atoms with E-state index in [1.54, 1.807) is 17.3 Å². The van der Waals surface area contributed by atoms with Crippen LogP contribution in [0.25, 0.3) is 0 Å². The Bertz CT molecular complexity index is 960. The molecule has 1 aromatic heterocycles. The number of carbonyl (C=O) groups excluding carboxylic acids is 2. The largest absolute Gasteiger partial charge is 0.381 e. The molecule has 2 unspecified atom stereocenters. The van der Waals surface area contributed by atoms with Crippen molar-refractivity contribution in [1.82, 2.24) is 15.6 Å².